The summed E-state index contributed by atoms with van der Waals surface area (Å²) < 4.78 is 12.6. The van der Waals surface area contributed by atoms with Crippen molar-refractivity contribution in [2.45, 2.75) is 32.5 Å². The molecule has 0 aliphatic heterocycles. The van der Waals surface area contributed by atoms with Crippen LogP contribution in [-0.4, -0.2) is 28.7 Å². The summed E-state index contributed by atoms with van der Waals surface area (Å²) in [5, 5.41) is 14.7. The molecule has 0 radical (unpaired) electrons. The lowest BCUT2D eigenvalue weighted by atomic mass is 10.0. The van der Waals surface area contributed by atoms with Gasteiger partial charge >= 0.3 is 5.97 Å². The first-order valence-corrected chi connectivity index (χ1v) is 12.5. The van der Waals surface area contributed by atoms with Crippen molar-refractivity contribution >= 4 is 44.4 Å². The molecule has 1 atom stereocenters. The van der Waals surface area contributed by atoms with Crippen molar-refractivity contribution in [3.8, 4) is 11.5 Å². The molecule has 0 saturated heterocycles. The van der Waals surface area contributed by atoms with Crippen LogP contribution in [0.3, 0.4) is 0 Å². The molecule has 4 aromatic rings. The minimum absolute atomic E-state index is 0.301. The highest BCUT2D eigenvalue weighted by molar-refractivity contribution is 9.10. The van der Waals surface area contributed by atoms with E-state index >= 15 is 0 Å². The van der Waals surface area contributed by atoms with Crippen LogP contribution in [0, 0.1) is 0 Å². The highest BCUT2D eigenvalue weighted by Gasteiger charge is 2.20. The molecule has 35 heavy (non-hydrogen) atoms. The van der Waals surface area contributed by atoms with Crippen LogP contribution in [0.2, 0.25) is 5.02 Å². The van der Waals surface area contributed by atoms with Crippen LogP contribution >= 0.6 is 27.5 Å². The van der Waals surface area contributed by atoms with Crippen LogP contribution in [0.4, 0.5) is 0 Å². The van der Waals surface area contributed by atoms with E-state index < -0.39 is 12.0 Å². The van der Waals surface area contributed by atoms with E-state index in [0.717, 1.165) is 32.1 Å². The number of para-hydroxylation sites is 1. The zero-order valence-corrected chi connectivity index (χ0v) is 21.5. The van der Waals surface area contributed by atoms with Gasteiger partial charge < -0.3 is 19.6 Å². The van der Waals surface area contributed by atoms with E-state index in [1.54, 1.807) is 0 Å². The Labute approximate surface area is 217 Å². The monoisotopic (exact) mass is 556 g/mol. The van der Waals surface area contributed by atoms with Gasteiger partial charge in [-0.2, -0.15) is 0 Å². The fourth-order valence-electron chi connectivity index (χ4n) is 3.87. The molecule has 0 aliphatic carbocycles. The number of aliphatic carboxylic acids is 1. The van der Waals surface area contributed by atoms with Crippen LogP contribution in [0.15, 0.2) is 71.3 Å². The SMILES string of the molecule is CCOc1cc(CNC(Cc2c[nH]c3ccccc23)C(=O)O)c(Br)cc1OCc1ccccc1Cl. The van der Waals surface area contributed by atoms with E-state index in [0.29, 0.717) is 42.7 Å². The first kappa shape index (κ1) is 25.1. The number of aromatic amines is 1. The van der Waals surface area contributed by atoms with E-state index in [-0.39, 0.29) is 0 Å². The summed E-state index contributed by atoms with van der Waals surface area (Å²) >= 11 is 9.85. The van der Waals surface area contributed by atoms with Gasteiger partial charge in [0.1, 0.15) is 12.6 Å². The third kappa shape index (κ3) is 6.17. The van der Waals surface area contributed by atoms with Crippen LogP contribution in [-0.2, 0) is 24.4 Å². The van der Waals surface area contributed by atoms with Crippen molar-refractivity contribution in [1.29, 1.82) is 0 Å². The van der Waals surface area contributed by atoms with Gasteiger partial charge in [0, 0.05) is 45.1 Å². The number of hydrogen-bond donors (Lipinski definition) is 3. The van der Waals surface area contributed by atoms with Gasteiger partial charge in [0.05, 0.1) is 6.61 Å². The number of rotatable bonds is 11. The van der Waals surface area contributed by atoms with Crippen molar-refractivity contribution in [2.24, 2.45) is 0 Å². The number of carboxylic acid groups (broad SMARTS) is 1. The summed E-state index contributed by atoms with van der Waals surface area (Å²) in [6.07, 6.45) is 2.23. The number of carboxylic acids is 1. The highest BCUT2D eigenvalue weighted by atomic mass is 79.9. The molecular formula is C27H26BrClN2O4. The fourth-order valence-corrected chi connectivity index (χ4v) is 4.52. The maximum atomic E-state index is 12.0. The largest absolute Gasteiger partial charge is 0.490 e. The second-order valence-corrected chi connectivity index (χ2v) is 9.30. The van der Waals surface area contributed by atoms with E-state index in [9.17, 15) is 9.90 Å². The smallest absolute Gasteiger partial charge is 0.321 e. The number of benzene rings is 3. The molecule has 8 heteroatoms. The van der Waals surface area contributed by atoms with Gasteiger partial charge in [0.15, 0.2) is 11.5 Å². The quantitative estimate of drug-likeness (QED) is 0.200. The lowest BCUT2D eigenvalue weighted by Crippen LogP contribution is -2.38. The molecule has 4 rings (SSSR count). The Balaban J connectivity index is 1.48. The van der Waals surface area contributed by atoms with Gasteiger partial charge in [-0.3, -0.25) is 10.1 Å². The summed E-state index contributed by atoms with van der Waals surface area (Å²) in [4.78, 5) is 15.2. The van der Waals surface area contributed by atoms with Crippen LogP contribution in [0.25, 0.3) is 10.9 Å². The minimum atomic E-state index is -0.906. The Morgan fingerprint density at radius 1 is 1.06 bits per heavy atom. The van der Waals surface area contributed by atoms with Crippen LogP contribution < -0.4 is 14.8 Å². The molecule has 0 spiro atoms. The van der Waals surface area contributed by atoms with E-state index in [1.165, 1.54) is 0 Å². The molecule has 182 valence electrons. The van der Waals surface area contributed by atoms with Crippen molar-refractivity contribution in [3.05, 3.63) is 93.0 Å². The Kier molecular flexibility index (Phi) is 8.33. The molecule has 1 unspecified atom stereocenters. The zero-order valence-electron chi connectivity index (χ0n) is 19.2. The summed E-state index contributed by atoms with van der Waals surface area (Å²) in [6.45, 7) is 3.01. The number of carbonyl (C=O) groups is 1. The molecule has 0 fully saturated rings. The lowest BCUT2D eigenvalue weighted by Gasteiger charge is -2.18. The van der Waals surface area contributed by atoms with Gasteiger partial charge in [-0.25, -0.2) is 0 Å². The van der Waals surface area contributed by atoms with Gasteiger partial charge in [-0.1, -0.05) is 63.9 Å². The molecule has 1 aromatic heterocycles. The third-order valence-electron chi connectivity index (χ3n) is 5.69. The maximum absolute atomic E-state index is 12.0. The first-order valence-electron chi connectivity index (χ1n) is 11.3. The predicted molar refractivity (Wildman–Crippen MR) is 141 cm³/mol. The second kappa shape index (κ2) is 11.6. The Hall–Kier alpha value is -3.00. The minimum Gasteiger partial charge on any atom is -0.490 e. The van der Waals surface area contributed by atoms with Gasteiger partial charge in [-0.05, 0) is 42.3 Å². The Bertz CT molecular complexity index is 1320. The molecule has 3 aromatic carbocycles. The maximum Gasteiger partial charge on any atom is 0.321 e. The van der Waals surface area contributed by atoms with Gasteiger partial charge in [0.25, 0.3) is 0 Å². The summed E-state index contributed by atoms with van der Waals surface area (Å²) in [7, 11) is 0. The molecule has 3 N–H and O–H groups in total. The number of nitrogens with one attached hydrogen (secondary N) is 2. The van der Waals surface area contributed by atoms with Crippen molar-refractivity contribution in [3.63, 3.8) is 0 Å². The number of aromatic nitrogens is 1. The Morgan fingerprint density at radius 3 is 2.57 bits per heavy atom. The molecule has 0 aliphatic rings. The fraction of sp³-hybridized carbons (Fsp3) is 0.222. The summed E-state index contributed by atoms with van der Waals surface area (Å²) in [5.74, 6) is 0.259. The highest BCUT2D eigenvalue weighted by Crippen LogP contribution is 2.35. The lowest BCUT2D eigenvalue weighted by molar-refractivity contribution is -0.139. The normalized spacial score (nSPS) is 12.0. The number of hydrogen-bond acceptors (Lipinski definition) is 4. The van der Waals surface area contributed by atoms with Crippen LogP contribution in [0.1, 0.15) is 23.6 Å². The van der Waals surface area contributed by atoms with Crippen molar-refractivity contribution in [2.75, 3.05) is 6.61 Å². The molecular weight excluding hydrogens is 532 g/mol. The van der Waals surface area contributed by atoms with Gasteiger partial charge in [-0.15, -0.1) is 0 Å². The second-order valence-electron chi connectivity index (χ2n) is 8.04. The predicted octanol–water partition coefficient (Wildman–Crippen LogP) is 6.35. The summed E-state index contributed by atoms with van der Waals surface area (Å²) in [6, 6.07) is 18.3. The zero-order chi connectivity index (χ0) is 24.8. The molecule has 0 amide bonds. The number of H-pyrrole nitrogens is 1. The number of halogens is 2. The van der Waals surface area contributed by atoms with E-state index in [1.807, 2.05) is 73.8 Å². The molecule has 0 saturated carbocycles. The number of ether oxygens (including phenoxy) is 2. The Morgan fingerprint density at radius 2 is 1.80 bits per heavy atom. The molecule has 0 bridgehead atoms. The average molecular weight is 558 g/mol. The standard InChI is InChI=1S/C27H26BrClN2O4/c1-2-34-25-12-19(21(28)13-26(25)35-16-17-7-3-5-9-22(17)29)15-31-24(27(32)33)11-18-14-30-23-10-6-4-8-20(18)23/h3-10,12-14,24,30-31H,2,11,15-16H2,1H3,(H,32,33). The molecule has 6 nitrogen and oxygen atoms in total. The first-order chi connectivity index (χ1) is 17.0. The molecule has 1 heterocycles. The van der Waals surface area contributed by atoms with Crippen LogP contribution in [0.5, 0.6) is 11.5 Å². The third-order valence-corrected chi connectivity index (χ3v) is 6.80. The van der Waals surface area contributed by atoms with Gasteiger partial charge in [0.2, 0.25) is 0 Å². The summed E-state index contributed by atoms with van der Waals surface area (Å²) in [5.41, 5.74) is 3.68. The van der Waals surface area contributed by atoms with Crippen molar-refractivity contribution < 1.29 is 19.4 Å². The van der Waals surface area contributed by atoms with E-state index in [2.05, 4.69) is 26.2 Å². The topological polar surface area (TPSA) is 83.6 Å². The van der Waals surface area contributed by atoms with E-state index in [4.69, 9.17) is 21.1 Å². The average Bonchev–Trinajstić information content (AvgIpc) is 3.26. The number of fused-ring (bicyclic) bond motifs is 1. The van der Waals surface area contributed by atoms with Crippen molar-refractivity contribution in [1.82, 2.24) is 10.3 Å².